The predicted molar refractivity (Wildman–Crippen MR) is 178 cm³/mol. The van der Waals surface area contributed by atoms with Crippen LogP contribution in [-0.2, 0) is 20.9 Å². The number of nitrogen functional groups attached to an aromatic ring is 1. The second-order valence-electron chi connectivity index (χ2n) is 11.4. The largest absolute Gasteiger partial charge is 0.493 e. The number of unbranched alkanes of at least 4 members (excludes halogenated alkanes) is 1. The molecule has 1 fully saturated rings. The molecule has 48 heavy (non-hydrogen) atoms. The summed E-state index contributed by atoms with van der Waals surface area (Å²) in [4.78, 5) is 54.6. The summed E-state index contributed by atoms with van der Waals surface area (Å²) in [6.07, 6.45) is 4.97. The summed E-state index contributed by atoms with van der Waals surface area (Å²) < 4.78 is 27.3. The third-order valence-corrected chi connectivity index (χ3v) is 8.47. The van der Waals surface area contributed by atoms with Crippen LogP contribution in [0.4, 0.5) is 5.69 Å². The zero-order valence-corrected chi connectivity index (χ0v) is 27.4. The van der Waals surface area contributed by atoms with Crippen LogP contribution < -0.4 is 29.4 Å². The van der Waals surface area contributed by atoms with Crippen molar-refractivity contribution in [2.75, 3.05) is 40.7 Å². The van der Waals surface area contributed by atoms with E-state index in [0.717, 1.165) is 11.1 Å². The lowest BCUT2D eigenvalue weighted by Crippen LogP contribution is -2.54. The summed E-state index contributed by atoms with van der Waals surface area (Å²) in [5.41, 5.74) is 9.31. The number of rotatable bonds is 13. The molecule has 12 heteroatoms. The Kier molecular flexibility index (Phi) is 10.5. The number of amides is 3. The van der Waals surface area contributed by atoms with Crippen molar-refractivity contribution in [1.29, 1.82) is 0 Å². The number of carbonyl (C=O) groups excluding carboxylic acids is 4. The summed E-state index contributed by atoms with van der Waals surface area (Å²) in [7, 11) is 6.12. The van der Waals surface area contributed by atoms with Gasteiger partial charge in [-0.05, 0) is 66.8 Å². The quantitative estimate of drug-likeness (QED) is 0.0684. The highest BCUT2D eigenvalue weighted by Gasteiger charge is 2.42. The Morgan fingerprint density at radius 1 is 0.854 bits per heavy atom. The third-order valence-electron chi connectivity index (χ3n) is 8.47. The molecule has 3 aromatic carbocycles. The van der Waals surface area contributed by atoms with Crippen molar-refractivity contribution >= 4 is 41.5 Å². The van der Waals surface area contributed by atoms with Gasteiger partial charge < -0.3 is 34.3 Å². The van der Waals surface area contributed by atoms with E-state index in [4.69, 9.17) is 29.4 Å². The molecule has 0 aliphatic carbocycles. The van der Waals surface area contributed by atoms with Crippen molar-refractivity contribution in [3.8, 4) is 28.7 Å². The highest BCUT2D eigenvalue weighted by Crippen LogP contribution is 2.39. The average Bonchev–Trinajstić information content (AvgIpc) is 3.43. The molecule has 1 unspecified atom stereocenters. The number of nitrogens with two attached hydrogens (primary N) is 1. The monoisotopic (exact) mass is 657 g/mol. The fourth-order valence-corrected chi connectivity index (χ4v) is 5.96. The molecule has 1 atom stereocenters. The van der Waals surface area contributed by atoms with Crippen LogP contribution in [0.1, 0.15) is 59.2 Å². The molecule has 2 heterocycles. The predicted octanol–water partition coefficient (Wildman–Crippen LogP) is 4.72. The minimum atomic E-state index is -0.741. The lowest BCUT2D eigenvalue weighted by molar-refractivity contribution is -0.152. The Morgan fingerprint density at radius 3 is 2.21 bits per heavy atom. The van der Waals surface area contributed by atoms with Crippen LogP contribution in [0.25, 0.3) is 12.2 Å². The molecule has 2 aliphatic heterocycles. The molecule has 0 bridgehead atoms. The molecular weight excluding hydrogens is 618 g/mol. The van der Waals surface area contributed by atoms with E-state index in [2.05, 4.69) is 0 Å². The smallest absolute Gasteiger partial charge is 0.311 e. The van der Waals surface area contributed by atoms with Crippen LogP contribution in [0.3, 0.4) is 0 Å². The van der Waals surface area contributed by atoms with E-state index in [1.165, 1.54) is 24.0 Å². The standard InChI is InChI=1S/C36H39N3O9/c1-44-28-15-13-22(11-12-23-19-30(45-2)34(47-4)31(20-23)46-3)18-29(28)48-33(41)10-5-6-17-38-32(40)16-14-27(36(38)43)39-21-25-24(35(39)42)8-7-9-26(25)37/h7-9,11-13,15,18-20,27H,5-6,10,14,16-17,21,37H2,1-4H3/b12-11-. The number of fused-ring (bicyclic) bond motifs is 1. The first kappa shape index (κ1) is 33.8. The number of ether oxygens (including phenoxy) is 5. The Morgan fingerprint density at radius 2 is 1.54 bits per heavy atom. The van der Waals surface area contributed by atoms with E-state index >= 15 is 0 Å². The first-order valence-electron chi connectivity index (χ1n) is 15.6. The lowest BCUT2D eigenvalue weighted by Gasteiger charge is -2.35. The Bertz CT molecular complexity index is 1730. The van der Waals surface area contributed by atoms with Gasteiger partial charge in [0, 0.05) is 42.7 Å². The van der Waals surface area contributed by atoms with Crippen LogP contribution in [-0.4, -0.2) is 74.5 Å². The minimum absolute atomic E-state index is 0.0630. The van der Waals surface area contributed by atoms with Gasteiger partial charge in [-0.1, -0.05) is 24.3 Å². The van der Waals surface area contributed by atoms with Gasteiger partial charge in [-0.25, -0.2) is 0 Å². The topological polar surface area (TPSA) is 147 Å². The summed E-state index contributed by atoms with van der Waals surface area (Å²) in [5.74, 6) is 0.749. The molecule has 2 N–H and O–H groups in total. The van der Waals surface area contributed by atoms with Gasteiger partial charge >= 0.3 is 5.97 Å². The van der Waals surface area contributed by atoms with E-state index in [9.17, 15) is 19.2 Å². The van der Waals surface area contributed by atoms with E-state index in [1.807, 2.05) is 30.4 Å². The van der Waals surface area contributed by atoms with Gasteiger partial charge in [0.1, 0.15) is 6.04 Å². The molecule has 3 aromatic rings. The highest BCUT2D eigenvalue weighted by atomic mass is 16.6. The third kappa shape index (κ3) is 7.07. The molecule has 2 aliphatic rings. The van der Waals surface area contributed by atoms with Crippen molar-refractivity contribution in [3.05, 3.63) is 70.8 Å². The van der Waals surface area contributed by atoms with Gasteiger partial charge in [0.05, 0.1) is 28.4 Å². The summed E-state index contributed by atoms with van der Waals surface area (Å²) >= 11 is 0. The van der Waals surface area contributed by atoms with Crippen molar-refractivity contribution in [2.24, 2.45) is 0 Å². The van der Waals surface area contributed by atoms with E-state index in [1.54, 1.807) is 44.6 Å². The van der Waals surface area contributed by atoms with Gasteiger partial charge in [0.25, 0.3) is 11.8 Å². The lowest BCUT2D eigenvalue weighted by atomic mass is 10.0. The highest BCUT2D eigenvalue weighted by molar-refractivity contribution is 6.06. The first-order chi connectivity index (χ1) is 23.2. The zero-order chi connectivity index (χ0) is 34.4. The number of hydrogen-bond donors (Lipinski definition) is 1. The van der Waals surface area contributed by atoms with E-state index < -0.39 is 17.9 Å². The molecule has 12 nitrogen and oxygen atoms in total. The number of likely N-dealkylation sites (tertiary alicyclic amines) is 1. The summed E-state index contributed by atoms with van der Waals surface area (Å²) in [5, 5.41) is 0. The molecule has 1 saturated heterocycles. The van der Waals surface area contributed by atoms with Gasteiger partial charge in [-0.15, -0.1) is 0 Å². The fraction of sp³-hybridized carbons (Fsp3) is 0.333. The number of hydrogen-bond acceptors (Lipinski definition) is 10. The van der Waals surface area contributed by atoms with E-state index in [0.29, 0.717) is 52.7 Å². The Hall–Kier alpha value is -5.52. The Labute approximate surface area is 278 Å². The van der Waals surface area contributed by atoms with Crippen molar-refractivity contribution < 1.29 is 42.9 Å². The number of nitrogens with zero attached hydrogens (tertiary/aromatic N) is 2. The number of anilines is 1. The number of imide groups is 1. The first-order valence-corrected chi connectivity index (χ1v) is 15.6. The van der Waals surface area contributed by atoms with Crippen LogP contribution in [0.2, 0.25) is 0 Å². The second-order valence-corrected chi connectivity index (χ2v) is 11.4. The molecular formula is C36H39N3O9. The van der Waals surface area contributed by atoms with Gasteiger partial charge in [0.15, 0.2) is 23.0 Å². The van der Waals surface area contributed by atoms with Gasteiger partial charge in [-0.3, -0.25) is 24.1 Å². The molecule has 0 radical (unpaired) electrons. The molecule has 252 valence electrons. The maximum absolute atomic E-state index is 13.4. The van der Waals surface area contributed by atoms with Gasteiger partial charge in [0.2, 0.25) is 11.7 Å². The van der Waals surface area contributed by atoms with E-state index in [-0.39, 0.29) is 49.9 Å². The van der Waals surface area contributed by atoms with Crippen molar-refractivity contribution in [2.45, 2.75) is 44.7 Å². The number of benzene rings is 3. The second kappa shape index (κ2) is 14.9. The number of esters is 1. The van der Waals surface area contributed by atoms with Crippen LogP contribution in [0.15, 0.2) is 48.5 Å². The molecule has 0 spiro atoms. The normalized spacial score (nSPS) is 15.9. The van der Waals surface area contributed by atoms with Crippen LogP contribution in [0.5, 0.6) is 28.7 Å². The molecule has 5 rings (SSSR count). The summed E-state index contributed by atoms with van der Waals surface area (Å²) in [6, 6.07) is 13.3. The zero-order valence-electron chi connectivity index (χ0n) is 27.4. The van der Waals surface area contributed by atoms with Gasteiger partial charge in [-0.2, -0.15) is 0 Å². The van der Waals surface area contributed by atoms with Crippen molar-refractivity contribution in [3.63, 3.8) is 0 Å². The molecule has 3 amide bonds. The molecule has 0 aromatic heterocycles. The number of piperidine rings is 1. The number of carbonyl (C=O) groups is 4. The SMILES string of the molecule is COc1ccc(/C=C\c2cc(OC)c(OC)c(OC)c2)cc1OC(=O)CCCCN1C(=O)CCC(N2Cc3c(N)cccc3C2=O)C1=O. The van der Waals surface area contributed by atoms with Crippen molar-refractivity contribution in [1.82, 2.24) is 9.80 Å². The maximum atomic E-state index is 13.4. The van der Waals surface area contributed by atoms with Crippen LogP contribution >= 0.6 is 0 Å². The summed E-state index contributed by atoms with van der Waals surface area (Å²) in [6.45, 7) is 0.375. The number of methoxy groups -OCH3 is 4. The minimum Gasteiger partial charge on any atom is -0.493 e. The fourth-order valence-electron chi connectivity index (χ4n) is 5.96. The maximum Gasteiger partial charge on any atom is 0.311 e. The molecule has 0 saturated carbocycles. The Balaban J connectivity index is 1.16. The van der Waals surface area contributed by atoms with Crippen LogP contribution in [0, 0.1) is 0 Å². The average molecular weight is 658 g/mol.